The highest BCUT2D eigenvalue weighted by molar-refractivity contribution is 6.01. The summed E-state index contributed by atoms with van der Waals surface area (Å²) in [5.74, 6) is 1.54. The van der Waals surface area contributed by atoms with Crippen LogP contribution in [-0.4, -0.2) is 91.6 Å². The molecule has 19 nitrogen and oxygen atoms in total. The molecule has 0 aliphatic rings. The van der Waals surface area contributed by atoms with E-state index in [-0.39, 0.29) is 18.3 Å². The summed E-state index contributed by atoms with van der Waals surface area (Å²) in [6.45, 7) is 16.6. The van der Waals surface area contributed by atoms with E-state index in [0.29, 0.717) is 58.4 Å². The number of pyridine rings is 1. The van der Waals surface area contributed by atoms with Gasteiger partial charge in [-0.1, -0.05) is 5.21 Å². The van der Waals surface area contributed by atoms with E-state index in [0.717, 1.165) is 0 Å². The first-order chi connectivity index (χ1) is 25.7. The smallest absolute Gasteiger partial charge is 0.414 e. The molecule has 1 aromatic carbocycles. The van der Waals surface area contributed by atoms with Crippen LogP contribution in [0, 0.1) is 0 Å². The predicted molar refractivity (Wildman–Crippen MR) is 206 cm³/mol. The largest absolute Gasteiger partial charge is 0.497 e. The first-order valence-corrected chi connectivity index (χ1v) is 17.4. The summed E-state index contributed by atoms with van der Waals surface area (Å²) in [7, 11) is 3.12. The van der Waals surface area contributed by atoms with E-state index in [9.17, 15) is 14.4 Å². The summed E-state index contributed by atoms with van der Waals surface area (Å²) in [5, 5.41) is 22.7. The number of fused-ring (bicyclic) bond motifs is 1. The number of rotatable bonds is 10. The number of methoxy groups -OCH3 is 2. The van der Waals surface area contributed by atoms with Crippen LogP contribution in [0.4, 0.5) is 26.1 Å². The Morgan fingerprint density at radius 1 is 0.836 bits per heavy atom. The van der Waals surface area contributed by atoms with E-state index in [1.165, 1.54) is 0 Å². The standard InChI is InChI=1S/C36H50N12O7/c1-34(2,3)45-31(49)42-28-26(21-14-24(52-10)17-25(15-21)53-11)16-22-18-38-29(41-27(22)40-28)37-12-13-48-20-23(46-47-48)19-39-30(43-32(50)54-35(4,5)6)44-33(51)55-36(7,8)9/h14-18,20H,12-13,19H2,1-11H3,(H2,39,43,44,50,51)(H3,37,38,40,41,42,45,49). The van der Waals surface area contributed by atoms with Gasteiger partial charge < -0.3 is 29.6 Å². The number of benzene rings is 1. The number of ether oxygens (including phenoxy) is 4. The van der Waals surface area contributed by atoms with Gasteiger partial charge in [-0.25, -0.2) is 29.3 Å². The molecular formula is C36H50N12O7. The molecule has 4 aromatic rings. The average Bonchev–Trinajstić information content (AvgIpc) is 3.51. The number of aromatic nitrogens is 6. The Kier molecular flexibility index (Phi) is 13.0. The number of anilines is 2. The number of carbonyl (C=O) groups is 3. The molecule has 0 saturated heterocycles. The zero-order valence-corrected chi connectivity index (χ0v) is 33.1. The van der Waals surface area contributed by atoms with Crippen LogP contribution < -0.4 is 36.1 Å². The van der Waals surface area contributed by atoms with Crippen LogP contribution >= 0.6 is 0 Å². The van der Waals surface area contributed by atoms with Gasteiger partial charge in [0, 0.05) is 35.3 Å². The fourth-order valence-electron chi connectivity index (χ4n) is 4.68. The van der Waals surface area contributed by atoms with Crippen LogP contribution in [0.25, 0.3) is 22.2 Å². The fraction of sp³-hybridized carbons (Fsp3) is 0.472. The number of guanidine groups is 1. The lowest BCUT2D eigenvalue weighted by Crippen LogP contribution is -2.47. The summed E-state index contributed by atoms with van der Waals surface area (Å²) in [5.41, 5.74) is 0.0845. The van der Waals surface area contributed by atoms with E-state index in [4.69, 9.17) is 23.9 Å². The number of nitrogens with one attached hydrogen (secondary N) is 5. The maximum absolute atomic E-state index is 13.0. The molecule has 0 spiro atoms. The van der Waals surface area contributed by atoms with Crippen molar-refractivity contribution in [3.63, 3.8) is 0 Å². The van der Waals surface area contributed by atoms with Crippen molar-refractivity contribution < 1.29 is 33.3 Å². The maximum Gasteiger partial charge on any atom is 0.414 e. The highest BCUT2D eigenvalue weighted by Crippen LogP contribution is 2.35. The number of hydrogen-bond donors (Lipinski definition) is 5. The average molecular weight is 763 g/mol. The zero-order chi connectivity index (χ0) is 40.6. The molecule has 0 aliphatic carbocycles. The molecule has 0 bridgehead atoms. The van der Waals surface area contributed by atoms with Gasteiger partial charge in [-0.15, -0.1) is 5.10 Å². The lowest BCUT2D eigenvalue weighted by molar-refractivity contribution is 0.0544. The molecule has 5 N–H and O–H groups in total. The quantitative estimate of drug-likeness (QED) is 0.103. The molecular weight excluding hydrogens is 712 g/mol. The molecule has 19 heteroatoms. The van der Waals surface area contributed by atoms with Gasteiger partial charge >= 0.3 is 18.2 Å². The summed E-state index contributed by atoms with van der Waals surface area (Å²) in [6, 6.07) is 6.79. The van der Waals surface area contributed by atoms with Crippen LogP contribution in [0.15, 0.2) is 41.7 Å². The van der Waals surface area contributed by atoms with Gasteiger partial charge in [-0.2, -0.15) is 4.98 Å². The Labute approximate surface area is 319 Å². The Morgan fingerprint density at radius 3 is 2.02 bits per heavy atom. The topological polar surface area (TPSA) is 230 Å². The van der Waals surface area contributed by atoms with Crippen molar-refractivity contribution in [3.05, 3.63) is 42.4 Å². The third-order valence-corrected chi connectivity index (χ3v) is 6.80. The molecule has 0 unspecified atom stereocenters. The molecule has 3 aromatic heterocycles. The summed E-state index contributed by atoms with van der Waals surface area (Å²) in [6.07, 6.45) is 1.69. The van der Waals surface area contributed by atoms with E-state index in [1.54, 1.807) is 78.9 Å². The molecule has 4 amide bonds. The lowest BCUT2D eigenvalue weighted by Gasteiger charge is -2.22. The second-order valence-electron chi connectivity index (χ2n) is 15.2. The lowest BCUT2D eigenvalue weighted by atomic mass is 10.0. The van der Waals surface area contributed by atoms with Crippen molar-refractivity contribution in [2.24, 2.45) is 4.99 Å². The van der Waals surface area contributed by atoms with E-state index in [1.807, 2.05) is 39.0 Å². The Balaban J connectivity index is 1.48. The van der Waals surface area contributed by atoms with Crippen molar-refractivity contribution in [1.29, 1.82) is 0 Å². The van der Waals surface area contributed by atoms with E-state index < -0.39 is 35.0 Å². The normalized spacial score (nSPS) is 11.6. The van der Waals surface area contributed by atoms with E-state index in [2.05, 4.69) is 51.9 Å². The van der Waals surface area contributed by atoms with Crippen molar-refractivity contribution in [1.82, 2.24) is 45.9 Å². The molecule has 55 heavy (non-hydrogen) atoms. The SMILES string of the molecule is COc1cc(OC)cc(-c2cc3cnc(NCCn4cc(CN=C(NC(=O)OC(C)(C)C)NC(=O)OC(C)(C)C)nn4)nc3nc2NC(=O)NC(C)(C)C)c1. The molecule has 296 valence electrons. The number of amides is 4. The van der Waals surface area contributed by atoms with Crippen LogP contribution in [0.3, 0.4) is 0 Å². The molecule has 0 fully saturated rings. The highest BCUT2D eigenvalue weighted by Gasteiger charge is 2.22. The van der Waals surface area contributed by atoms with Gasteiger partial charge in [0.15, 0.2) is 5.65 Å². The molecule has 0 atom stereocenters. The van der Waals surface area contributed by atoms with Crippen LogP contribution in [0.2, 0.25) is 0 Å². The second-order valence-corrected chi connectivity index (χ2v) is 15.2. The zero-order valence-electron chi connectivity index (χ0n) is 33.1. The number of hydrogen-bond acceptors (Lipinski definition) is 14. The van der Waals surface area contributed by atoms with Gasteiger partial charge in [-0.05, 0) is 86.1 Å². The van der Waals surface area contributed by atoms with Crippen LogP contribution in [0.5, 0.6) is 11.5 Å². The van der Waals surface area contributed by atoms with Crippen molar-refractivity contribution in [2.75, 3.05) is 31.4 Å². The fourth-order valence-corrected chi connectivity index (χ4v) is 4.68. The van der Waals surface area contributed by atoms with Crippen LogP contribution in [0.1, 0.15) is 68.0 Å². The third-order valence-electron chi connectivity index (χ3n) is 6.80. The van der Waals surface area contributed by atoms with Crippen molar-refractivity contribution >= 4 is 47.0 Å². The molecule has 0 radical (unpaired) electrons. The molecule has 4 rings (SSSR count). The number of urea groups is 1. The Hall–Kier alpha value is -6.27. The number of carbonyl (C=O) groups excluding carboxylic acids is 3. The Morgan fingerprint density at radius 2 is 1.45 bits per heavy atom. The Bertz CT molecular complexity index is 1970. The van der Waals surface area contributed by atoms with E-state index >= 15 is 0 Å². The first-order valence-electron chi connectivity index (χ1n) is 17.4. The second kappa shape index (κ2) is 17.3. The minimum absolute atomic E-state index is 0.0253. The van der Waals surface area contributed by atoms with Crippen LogP contribution in [-0.2, 0) is 22.6 Å². The molecule has 3 heterocycles. The monoisotopic (exact) mass is 762 g/mol. The molecule has 0 saturated carbocycles. The maximum atomic E-state index is 13.0. The summed E-state index contributed by atoms with van der Waals surface area (Å²) in [4.78, 5) is 55.8. The van der Waals surface area contributed by atoms with Crippen molar-refractivity contribution in [2.45, 2.75) is 92.1 Å². The molecule has 0 aliphatic heterocycles. The predicted octanol–water partition coefficient (Wildman–Crippen LogP) is 5.24. The highest BCUT2D eigenvalue weighted by atomic mass is 16.6. The number of alkyl carbamates (subject to hydrolysis) is 2. The van der Waals surface area contributed by atoms with Gasteiger partial charge in [0.25, 0.3) is 0 Å². The summed E-state index contributed by atoms with van der Waals surface area (Å²) < 4.78 is 23.1. The number of nitrogens with zero attached hydrogens (tertiary/aromatic N) is 7. The minimum atomic E-state index is -0.806. The summed E-state index contributed by atoms with van der Waals surface area (Å²) >= 11 is 0. The first kappa shape index (κ1) is 41.5. The minimum Gasteiger partial charge on any atom is -0.497 e. The third kappa shape index (κ3) is 13.6. The van der Waals surface area contributed by atoms with Crippen molar-refractivity contribution in [3.8, 4) is 22.6 Å². The van der Waals surface area contributed by atoms with Gasteiger partial charge in [-0.3, -0.25) is 20.6 Å². The van der Waals surface area contributed by atoms with Gasteiger partial charge in [0.05, 0.1) is 33.5 Å². The number of aliphatic imine (C=N–C) groups is 1. The van der Waals surface area contributed by atoms with Gasteiger partial charge in [0.2, 0.25) is 11.9 Å². The van der Waals surface area contributed by atoms with Gasteiger partial charge in [0.1, 0.15) is 34.2 Å².